The highest BCUT2D eigenvalue weighted by atomic mass is 19.1. The van der Waals surface area contributed by atoms with Crippen LogP contribution in [0, 0.1) is 11.7 Å². The predicted molar refractivity (Wildman–Crippen MR) is 112 cm³/mol. The molecule has 0 N–H and O–H groups in total. The summed E-state index contributed by atoms with van der Waals surface area (Å²) in [6, 6.07) is 7.75. The van der Waals surface area contributed by atoms with Gasteiger partial charge >= 0.3 is 0 Å². The largest absolute Gasteiger partial charge is 0.341 e. The van der Waals surface area contributed by atoms with Crippen molar-refractivity contribution >= 4 is 17.6 Å². The lowest BCUT2D eigenvalue weighted by Gasteiger charge is -2.34. The van der Waals surface area contributed by atoms with Crippen LogP contribution in [0.5, 0.6) is 0 Å². The van der Waals surface area contributed by atoms with Crippen LogP contribution in [0.4, 0.5) is 4.39 Å². The van der Waals surface area contributed by atoms with Crippen LogP contribution >= 0.6 is 0 Å². The monoisotopic (exact) mass is 426 g/mol. The standard InChI is InChI=1S/C23H27FN4O3/c1-16(29)27-11-4-7-21(27)23(31)26-12-8-17(9-13-26)22(30)15-18-10-14-28(25-18)20-6-3-2-5-19(20)24/h2-3,5-6,10,14,17,21H,4,7-9,11-13,15H2,1H3/t21-/m1/s1. The Hall–Kier alpha value is -3.03. The molecule has 2 amide bonds. The van der Waals surface area contributed by atoms with Gasteiger partial charge in [0.15, 0.2) is 0 Å². The molecule has 0 spiro atoms. The Morgan fingerprint density at radius 3 is 2.52 bits per heavy atom. The van der Waals surface area contributed by atoms with Crippen molar-refractivity contribution in [3.63, 3.8) is 0 Å². The summed E-state index contributed by atoms with van der Waals surface area (Å²) >= 11 is 0. The lowest BCUT2D eigenvalue weighted by atomic mass is 9.90. The number of nitrogens with zero attached hydrogens (tertiary/aromatic N) is 4. The Morgan fingerprint density at radius 1 is 1.06 bits per heavy atom. The molecule has 2 aliphatic heterocycles. The molecular formula is C23H27FN4O3. The van der Waals surface area contributed by atoms with E-state index in [4.69, 9.17) is 0 Å². The fourth-order valence-corrected chi connectivity index (χ4v) is 4.58. The number of ketones is 1. The van der Waals surface area contributed by atoms with Gasteiger partial charge in [-0.05, 0) is 43.9 Å². The predicted octanol–water partition coefficient (Wildman–Crippen LogP) is 2.37. The molecule has 2 aliphatic rings. The molecule has 1 aromatic heterocycles. The third kappa shape index (κ3) is 4.52. The maximum atomic E-state index is 13.9. The highest BCUT2D eigenvalue weighted by Gasteiger charge is 2.37. The first-order chi connectivity index (χ1) is 14.9. The summed E-state index contributed by atoms with van der Waals surface area (Å²) in [6.45, 7) is 3.20. The van der Waals surface area contributed by atoms with Gasteiger partial charge in [0.1, 0.15) is 23.3 Å². The number of rotatable bonds is 5. The molecule has 164 valence electrons. The van der Waals surface area contributed by atoms with Gasteiger partial charge in [-0.2, -0.15) is 5.10 Å². The van der Waals surface area contributed by atoms with Crippen molar-refractivity contribution in [2.75, 3.05) is 19.6 Å². The fourth-order valence-electron chi connectivity index (χ4n) is 4.58. The van der Waals surface area contributed by atoms with Crippen LogP contribution in [0.1, 0.15) is 38.3 Å². The lowest BCUT2D eigenvalue weighted by molar-refractivity contribution is -0.144. The second-order valence-corrected chi connectivity index (χ2v) is 8.32. The van der Waals surface area contributed by atoms with E-state index in [2.05, 4.69) is 5.10 Å². The van der Waals surface area contributed by atoms with Crippen LogP contribution in [-0.4, -0.2) is 62.9 Å². The molecular weight excluding hydrogens is 399 g/mol. The first-order valence-corrected chi connectivity index (χ1v) is 10.8. The quantitative estimate of drug-likeness (QED) is 0.736. The van der Waals surface area contributed by atoms with E-state index in [0.717, 1.165) is 6.42 Å². The van der Waals surface area contributed by atoms with Gasteiger partial charge < -0.3 is 9.80 Å². The molecule has 2 saturated heterocycles. The molecule has 31 heavy (non-hydrogen) atoms. The molecule has 1 aromatic carbocycles. The van der Waals surface area contributed by atoms with E-state index in [1.54, 1.807) is 40.3 Å². The second-order valence-electron chi connectivity index (χ2n) is 8.32. The normalized spacial score (nSPS) is 19.6. The maximum absolute atomic E-state index is 13.9. The average molecular weight is 426 g/mol. The number of hydrogen-bond donors (Lipinski definition) is 0. The number of piperidine rings is 1. The molecule has 0 saturated carbocycles. The van der Waals surface area contributed by atoms with Crippen molar-refractivity contribution in [1.29, 1.82) is 0 Å². The Balaban J connectivity index is 1.31. The zero-order valence-corrected chi connectivity index (χ0v) is 17.7. The first kappa shape index (κ1) is 21.2. The van der Waals surface area contributed by atoms with Gasteiger partial charge in [0, 0.05) is 38.7 Å². The zero-order chi connectivity index (χ0) is 22.0. The minimum Gasteiger partial charge on any atom is -0.341 e. The molecule has 2 aromatic rings. The van der Waals surface area contributed by atoms with Crippen molar-refractivity contribution in [2.45, 2.75) is 45.1 Å². The summed E-state index contributed by atoms with van der Waals surface area (Å²) in [6.07, 6.45) is 4.65. The Labute approximate surface area is 180 Å². The summed E-state index contributed by atoms with van der Waals surface area (Å²) in [5, 5.41) is 4.35. The number of para-hydroxylation sites is 1. The van der Waals surface area contributed by atoms with Crippen molar-refractivity contribution in [1.82, 2.24) is 19.6 Å². The number of hydrogen-bond acceptors (Lipinski definition) is 4. The average Bonchev–Trinajstić information content (AvgIpc) is 3.43. The number of carbonyl (C=O) groups excluding carboxylic acids is 3. The fraction of sp³-hybridized carbons (Fsp3) is 0.478. The van der Waals surface area contributed by atoms with Gasteiger partial charge in [0.2, 0.25) is 11.8 Å². The minimum absolute atomic E-state index is 0.00206. The number of halogens is 1. The van der Waals surface area contributed by atoms with E-state index in [0.29, 0.717) is 50.3 Å². The van der Waals surface area contributed by atoms with E-state index in [1.807, 2.05) is 0 Å². The van der Waals surface area contributed by atoms with Crippen LogP contribution in [0.15, 0.2) is 36.5 Å². The molecule has 7 nitrogen and oxygen atoms in total. The summed E-state index contributed by atoms with van der Waals surface area (Å²) in [5.41, 5.74) is 0.953. The van der Waals surface area contributed by atoms with Crippen LogP contribution in [0.2, 0.25) is 0 Å². The van der Waals surface area contributed by atoms with Crippen molar-refractivity contribution in [3.8, 4) is 5.69 Å². The smallest absolute Gasteiger partial charge is 0.245 e. The molecule has 8 heteroatoms. The Morgan fingerprint density at radius 2 is 1.81 bits per heavy atom. The first-order valence-electron chi connectivity index (χ1n) is 10.8. The highest BCUT2D eigenvalue weighted by molar-refractivity contribution is 5.88. The third-order valence-corrected chi connectivity index (χ3v) is 6.30. The molecule has 2 fully saturated rings. The number of benzene rings is 1. The van der Waals surface area contributed by atoms with Gasteiger partial charge in [-0.25, -0.2) is 9.07 Å². The molecule has 0 aliphatic carbocycles. The minimum atomic E-state index is -0.369. The number of carbonyl (C=O) groups is 3. The van der Waals surface area contributed by atoms with E-state index in [1.165, 1.54) is 17.7 Å². The molecule has 0 radical (unpaired) electrons. The maximum Gasteiger partial charge on any atom is 0.245 e. The number of amides is 2. The van der Waals surface area contributed by atoms with Gasteiger partial charge in [-0.15, -0.1) is 0 Å². The van der Waals surface area contributed by atoms with Gasteiger partial charge in [-0.3, -0.25) is 14.4 Å². The number of Topliss-reactive ketones (excluding diaryl/α,β-unsaturated/α-hetero) is 1. The number of likely N-dealkylation sites (tertiary alicyclic amines) is 2. The van der Waals surface area contributed by atoms with E-state index in [9.17, 15) is 18.8 Å². The van der Waals surface area contributed by atoms with Gasteiger partial charge in [0.05, 0.1) is 12.1 Å². The zero-order valence-electron chi connectivity index (χ0n) is 17.7. The molecule has 3 heterocycles. The van der Waals surface area contributed by atoms with Crippen LogP contribution in [0.3, 0.4) is 0 Å². The summed E-state index contributed by atoms with van der Waals surface area (Å²) in [4.78, 5) is 40.8. The molecule has 4 rings (SSSR count). The Bertz CT molecular complexity index is 981. The molecule has 0 bridgehead atoms. The topological polar surface area (TPSA) is 75.5 Å². The van der Waals surface area contributed by atoms with Gasteiger partial charge in [0.25, 0.3) is 0 Å². The summed E-state index contributed by atoms with van der Waals surface area (Å²) in [7, 11) is 0. The highest BCUT2D eigenvalue weighted by Crippen LogP contribution is 2.24. The van der Waals surface area contributed by atoms with E-state index >= 15 is 0 Å². The Kier molecular flexibility index (Phi) is 6.15. The summed E-state index contributed by atoms with van der Waals surface area (Å²) < 4.78 is 15.4. The van der Waals surface area contributed by atoms with Crippen LogP contribution in [-0.2, 0) is 20.8 Å². The third-order valence-electron chi connectivity index (χ3n) is 6.30. The van der Waals surface area contributed by atoms with Crippen LogP contribution in [0.25, 0.3) is 5.69 Å². The second kappa shape index (κ2) is 8.99. The van der Waals surface area contributed by atoms with E-state index in [-0.39, 0.29) is 41.8 Å². The number of aromatic nitrogens is 2. The lowest BCUT2D eigenvalue weighted by Crippen LogP contribution is -2.50. The van der Waals surface area contributed by atoms with Crippen LogP contribution < -0.4 is 0 Å². The summed E-state index contributed by atoms with van der Waals surface area (Å²) in [5.74, 6) is -0.448. The molecule has 1 atom stereocenters. The van der Waals surface area contributed by atoms with Crippen molar-refractivity contribution in [3.05, 3.63) is 48.0 Å². The van der Waals surface area contributed by atoms with E-state index < -0.39 is 0 Å². The SMILES string of the molecule is CC(=O)N1CCC[C@@H]1C(=O)N1CCC(C(=O)Cc2ccn(-c3ccccc3F)n2)CC1. The molecule has 0 unspecified atom stereocenters. The van der Waals surface area contributed by atoms with Crippen molar-refractivity contribution < 1.29 is 18.8 Å². The van der Waals surface area contributed by atoms with Crippen molar-refractivity contribution in [2.24, 2.45) is 5.92 Å². The van der Waals surface area contributed by atoms with Gasteiger partial charge in [-0.1, -0.05) is 12.1 Å².